The van der Waals surface area contributed by atoms with Gasteiger partial charge in [-0.25, -0.2) is 0 Å². The lowest BCUT2D eigenvalue weighted by Gasteiger charge is -1.97. The van der Waals surface area contributed by atoms with E-state index in [1.807, 2.05) is 24.3 Å². The lowest BCUT2D eigenvalue weighted by Crippen LogP contribution is -1.92. The summed E-state index contributed by atoms with van der Waals surface area (Å²) >= 11 is 7.29. The number of hydrogen-bond donors (Lipinski definition) is 0. The highest BCUT2D eigenvalue weighted by atomic mass is 35.5. The van der Waals surface area contributed by atoms with Crippen LogP contribution in [0.5, 0.6) is 0 Å². The van der Waals surface area contributed by atoms with Gasteiger partial charge in [0, 0.05) is 5.02 Å². The van der Waals surface area contributed by atoms with Gasteiger partial charge < -0.3 is 0 Å². The fourth-order valence-electron chi connectivity index (χ4n) is 1.22. The second kappa shape index (κ2) is 6.24. The number of aromatic nitrogens is 3. The zero-order chi connectivity index (χ0) is 12.8. The molecule has 18 heavy (non-hydrogen) atoms. The highest BCUT2D eigenvalue weighted by molar-refractivity contribution is 7.99. The summed E-state index contributed by atoms with van der Waals surface area (Å²) in [7, 11) is 0. The lowest BCUT2D eigenvalue weighted by atomic mass is 10.2. The van der Waals surface area contributed by atoms with Crippen molar-refractivity contribution in [2.75, 3.05) is 5.75 Å². The second-order valence-electron chi connectivity index (χ2n) is 3.25. The molecule has 0 radical (unpaired) electrons. The van der Waals surface area contributed by atoms with Crippen LogP contribution < -0.4 is 0 Å². The van der Waals surface area contributed by atoms with E-state index < -0.39 is 0 Å². The van der Waals surface area contributed by atoms with Crippen LogP contribution in [0.4, 0.5) is 0 Å². The maximum atomic E-state index is 5.89. The molecule has 0 spiro atoms. The molecule has 1 aromatic heterocycles. The Labute approximate surface area is 114 Å². The molecule has 0 unspecified atom stereocenters. The molecule has 0 aliphatic rings. The SMILES string of the molecule is C#CCSc1nncn1/N=C\c1cccc(Cl)c1. The van der Waals surface area contributed by atoms with Crippen molar-refractivity contribution in [2.24, 2.45) is 5.10 Å². The van der Waals surface area contributed by atoms with Crippen molar-refractivity contribution in [2.45, 2.75) is 5.16 Å². The summed E-state index contributed by atoms with van der Waals surface area (Å²) in [5.41, 5.74) is 0.907. The van der Waals surface area contributed by atoms with Gasteiger partial charge >= 0.3 is 0 Å². The lowest BCUT2D eigenvalue weighted by molar-refractivity contribution is 0.768. The van der Waals surface area contributed by atoms with Crippen LogP contribution in [0.1, 0.15) is 5.56 Å². The summed E-state index contributed by atoms with van der Waals surface area (Å²) in [5, 5.41) is 13.3. The first-order chi connectivity index (χ1) is 8.79. The highest BCUT2D eigenvalue weighted by Gasteiger charge is 2.01. The van der Waals surface area contributed by atoms with Gasteiger partial charge in [-0.15, -0.1) is 16.6 Å². The van der Waals surface area contributed by atoms with Crippen LogP contribution in [0.3, 0.4) is 0 Å². The Hall–Kier alpha value is -1.77. The molecule has 0 bridgehead atoms. The number of thioether (sulfide) groups is 1. The Balaban J connectivity index is 2.14. The van der Waals surface area contributed by atoms with Gasteiger partial charge in [-0.3, -0.25) is 0 Å². The predicted molar refractivity (Wildman–Crippen MR) is 74.0 cm³/mol. The van der Waals surface area contributed by atoms with E-state index >= 15 is 0 Å². The first-order valence-corrected chi connectivity index (χ1v) is 6.42. The van der Waals surface area contributed by atoms with Crippen LogP contribution in [-0.2, 0) is 0 Å². The summed E-state index contributed by atoms with van der Waals surface area (Å²) in [6.07, 6.45) is 8.41. The van der Waals surface area contributed by atoms with Gasteiger partial charge in [0.25, 0.3) is 0 Å². The molecule has 1 aromatic carbocycles. The minimum Gasteiger partial charge on any atom is -0.195 e. The van der Waals surface area contributed by atoms with Crippen LogP contribution in [0.15, 0.2) is 40.9 Å². The Morgan fingerprint density at radius 2 is 2.44 bits per heavy atom. The number of nitrogens with zero attached hydrogens (tertiary/aromatic N) is 4. The Kier molecular flexibility index (Phi) is 4.40. The summed E-state index contributed by atoms with van der Waals surface area (Å²) in [6.45, 7) is 0. The van der Waals surface area contributed by atoms with Crippen molar-refractivity contribution in [1.82, 2.24) is 14.9 Å². The minimum absolute atomic E-state index is 0.533. The predicted octanol–water partition coefficient (Wildman–Crippen LogP) is 2.54. The van der Waals surface area contributed by atoms with E-state index in [1.54, 1.807) is 10.9 Å². The largest absolute Gasteiger partial charge is 0.212 e. The third kappa shape index (κ3) is 3.36. The van der Waals surface area contributed by atoms with E-state index in [4.69, 9.17) is 18.0 Å². The van der Waals surface area contributed by atoms with Crippen LogP contribution in [0.2, 0.25) is 5.02 Å². The maximum absolute atomic E-state index is 5.89. The number of rotatable bonds is 4. The fourth-order valence-corrected chi connectivity index (χ4v) is 1.96. The zero-order valence-electron chi connectivity index (χ0n) is 9.32. The van der Waals surface area contributed by atoms with Gasteiger partial charge in [0.1, 0.15) is 6.33 Å². The van der Waals surface area contributed by atoms with Crippen molar-refractivity contribution in [3.05, 3.63) is 41.2 Å². The molecular weight excluding hydrogens is 268 g/mol. The third-order valence-corrected chi connectivity index (χ3v) is 3.04. The standard InChI is InChI=1S/C12H9ClN4S/c1-2-6-18-12-16-14-9-17(12)15-8-10-4-3-5-11(13)7-10/h1,3-5,7-9H,6H2/b15-8-. The first kappa shape index (κ1) is 12.7. The van der Waals surface area contributed by atoms with Gasteiger partial charge in [0.15, 0.2) is 0 Å². The van der Waals surface area contributed by atoms with E-state index in [2.05, 4.69) is 21.2 Å². The molecule has 0 saturated carbocycles. The maximum Gasteiger partial charge on any atom is 0.212 e. The smallest absolute Gasteiger partial charge is 0.195 e. The topological polar surface area (TPSA) is 43.1 Å². The van der Waals surface area contributed by atoms with Gasteiger partial charge in [-0.1, -0.05) is 41.4 Å². The van der Waals surface area contributed by atoms with Crippen LogP contribution in [-0.4, -0.2) is 26.8 Å². The molecule has 2 rings (SSSR count). The van der Waals surface area contributed by atoms with E-state index in [1.165, 1.54) is 18.1 Å². The summed E-state index contributed by atoms with van der Waals surface area (Å²) in [4.78, 5) is 0. The molecule has 2 aromatic rings. The third-order valence-electron chi connectivity index (χ3n) is 1.96. The van der Waals surface area contributed by atoms with E-state index in [9.17, 15) is 0 Å². The molecule has 0 N–H and O–H groups in total. The summed E-state index contributed by atoms with van der Waals surface area (Å²) < 4.78 is 1.57. The van der Waals surface area contributed by atoms with Crippen molar-refractivity contribution in [3.8, 4) is 12.3 Å². The van der Waals surface area contributed by atoms with Gasteiger partial charge in [-0.05, 0) is 17.7 Å². The molecule has 0 aliphatic carbocycles. The van der Waals surface area contributed by atoms with E-state index in [0.29, 0.717) is 15.9 Å². The van der Waals surface area contributed by atoms with Gasteiger partial charge in [-0.2, -0.15) is 9.78 Å². The average molecular weight is 277 g/mol. The number of benzene rings is 1. The van der Waals surface area contributed by atoms with Crippen molar-refractivity contribution in [1.29, 1.82) is 0 Å². The van der Waals surface area contributed by atoms with Gasteiger partial charge in [0.2, 0.25) is 5.16 Å². The normalized spacial score (nSPS) is 10.7. The second-order valence-corrected chi connectivity index (χ2v) is 4.63. The molecule has 0 aliphatic heterocycles. The van der Waals surface area contributed by atoms with Gasteiger partial charge in [0.05, 0.1) is 12.0 Å². The summed E-state index contributed by atoms with van der Waals surface area (Å²) in [6, 6.07) is 7.41. The summed E-state index contributed by atoms with van der Waals surface area (Å²) in [5.74, 6) is 3.06. The molecule has 6 heteroatoms. The molecule has 4 nitrogen and oxygen atoms in total. The van der Waals surface area contributed by atoms with Crippen molar-refractivity contribution < 1.29 is 0 Å². The Bertz CT molecular complexity index is 600. The number of hydrogen-bond acceptors (Lipinski definition) is 4. The van der Waals surface area contributed by atoms with E-state index in [-0.39, 0.29) is 0 Å². The number of terminal acetylenes is 1. The zero-order valence-corrected chi connectivity index (χ0v) is 10.9. The molecule has 0 atom stereocenters. The monoisotopic (exact) mass is 276 g/mol. The fraction of sp³-hybridized carbons (Fsp3) is 0.0833. The molecular formula is C12H9ClN4S. The Morgan fingerprint density at radius 3 is 3.22 bits per heavy atom. The van der Waals surface area contributed by atoms with Crippen molar-refractivity contribution >= 4 is 29.6 Å². The number of halogens is 1. The molecule has 0 amide bonds. The van der Waals surface area contributed by atoms with Crippen LogP contribution in [0, 0.1) is 12.3 Å². The quantitative estimate of drug-likeness (QED) is 0.490. The highest BCUT2D eigenvalue weighted by Crippen LogP contribution is 2.13. The molecule has 0 saturated heterocycles. The van der Waals surface area contributed by atoms with Crippen LogP contribution in [0.25, 0.3) is 0 Å². The van der Waals surface area contributed by atoms with E-state index in [0.717, 1.165) is 5.56 Å². The van der Waals surface area contributed by atoms with Crippen molar-refractivity contribution in [3.63, 3.8) is 0 Å². The molecule has 0 fully saturated rings. The molecule has 90 valence electrons. The first-order valence-electron chi connectivity index (χ1n) is 5.06. The Morgan fingerprint density at radius 1 is 1.56 bits per heavy atom. The molecule has 1 heterocycles. The average Bonchev–Trinajstić information content (AvgIpc) is 2.81. The minimum atomic E-state index is 0.533. The van der Waals surface area contributed by atoms with Crippen LogP contribution >= 0.6 is 23.4 Å².